The molecule has 1 atom stereocenters. The van der Waals surface area contributed by atoms with Gasteiger partial charge in [0.1, 0.15) is 6.04 Å². The van der Waals surface area contributed by atoms with Crippen LogP contribution in [0.1, 0.15) is 17.2 Å². The van der Waals surface area contributed by atoms with E-state index in [9.17, 15) is 18.7 Å². The van der Waals surface area contributed by atoms with Gasteiger partial charge in [0.25, 0.3) is 0 Å². The molecule has 3 N–H and O–H groups in total. The van der Waals surface area contributed by atoms with Gasteiger partial charge in [-0.2, -0.15) is 0 Å². The SMILES string of the molecule is O=C(O)C(NCc1cc(F)c(O)c(F)c1)c1ccccc1. The molecule has 1 unspecified atom stereocenters. The number of carboxylic acid groups (broad SMARTS) is 1. The Balaban J connectivity index is 2.15. The van der Waals surface area contributed by atoms with Crippen LogP contribution in [-0.4, -0.2) is 16.2 Å². The first kappa shape index (κ1) is 14.9. The molecule has 4 nitrogen and oxygen atoms in total. The number of aromatic hydroxyl groups is 1. The van der Waals surface area contributed by atoms with Crippen LogP contribution < -0.4 is 5.32 Å². The molecular formula is C15H13F2NO3. The lowest BCUT2D eigenvalue weighted by Crippen LogP contribution is -2.28. The van der Waals surface area contributed by atoms with Crippen molar-refractivity contribution < 1.29 is 23.8 Å². The van der Waals surface area contributed by atoms with Crippen LogP contribution in [-0.2, 0) is 11.3 Å². The maximum Gasteiger partial charge on any atom is 0.325 e. The Morgan fingerprint density at radius 2 is 1.71 bits per heavy atom. The van der Waals surface area contributed by atoms with Crippen LogP contribution in [0.25, 0.3) is 0 Å². The second kappa shape index (κ2) is 6.32. The highest BCUT2D eigenvalue weighted by Gasteiger charge is 2.19. The van der Waals surface area contributed by atoms with Crippen LogP contribution in [0.3, 0.4) is 0 Å². The fourth-order valence-corrected chi connectivity index (χ4v) is 1.93. The first-order chi connectivity index (χ1) is 9.99. The van der Waals surface area contributed by atoms with E-state index in [4.69, 9.17) is 5.11 Å². The number of rotatable bonds is 5. The van der Waals surface area contributed by atoms with E-state index in [1.807, 2.05) is 0 Å². The highest BCUT2D eigenvalue weighted by molar-refractivity contribution is 5.75. The predicted octanol–water partition coefficient (Wildman–Crippen LogP) is 2.59. The number of hydrogen-bond acceptors (Lipinski definition) is 3. The van der Waals surface area contributed by atoms with Crippen molar-refractivity contribution in [1.29, 1.82) is 0 Å². The number of phenolic OH excluding ortho intramolecular Hbond substituents is 1. The largest absolute Gasteiger partial charge is 0.503 e. The Hall–Kier alpha value is -2.47. The first-order valence-electron chi connectivity index (χ1n) is 6.17. The van der Waals surface area contributed by atoms with Crippen LogP contribution in [0.2, 0.25) is 0 Å². The van der Waals surface area contributed by atoms with E-state index in [1.54, 1.807) is 30.3 Å². The Labute approximate surface area is 119 Å². The molecule has 2 aromatic rings. The molecule has 0 heterocycles. The van der Waals surface area contributed by atoms with Crippen molar-refractivity contribution in [3.8, 4) is 5.75 Å². The molecular weight excluding hydrogens is 280 g/mol. The van der Waals surface area contributed by atoms with Crippen molar-refractivity contribution in [2.75, 3.05) is 0 Å². The molecule has 0 spiro atoms. The number of carbonyl (C=O) groups is 1. The summed E-state index contributed by atoms with van der Waals surface area (Å²) in [5, 5.41) is 20.9. The minimum Gasteiger partial charge on any atom is -0.503 e. The maximum absolute atomic E-state index is 13.2. The maximum atomic E-state index is 13.2. The summed E-state index contributed by atoms with van der Waals surface area (Å²) in [7, 11) is 0. The molecule has 6 heteroatoms. The summed E-state index contributed by atoms with van der Waals surface area (Å²) < 4.78 is 26.4. The van der Waals surface area contributed by atoms with Crippen molar-refractivity contribution in [2.24, 2.45) is 0 Å². The third-order valence-electron chi connectivity index (χ3n) is 2.97. The lowest BCUT2D eigenvalue weighted by Gasteiger charge is -2.15. The Morgan fingerprint density at radius 1 is 1.14 bits per heavy atom. The number of aliphatic carboxylic acids is 1. The zero-order valence-corrected chi connectivity index (χ0v) is 10.9. The number of carboxylic acids is 1. The van der Waals surface area contributed by atoms with Gasteiger partial charge in [-0.15, -0.1) is 0 Å². The first-order valence-corrected chi connectivity index (χ1v) is 6.17. The summed E-state index contributed by atoms with van der Waals surface area (Å²) in [6.07, 6.45) is 0. The van der Waals surface area contributed by atoms with Gasteiger partial charge in [0.05, 0.1) is 0 Å². The highest BCUT2D eigenvalue weighted by Crippen LogP contribution is 2.22. The van der Waals surface area contributed by atoms with Crippen LogP contribution in [0.5, 0.6) is 5.75 Å². The minimum atomic E-state index is -1.10. The lowest BCUT2D eigenvalue weighted by atomic mass is 10.1. The molecule has 0 bridgehead atoms. The van der Waals surface area contributed by atoms with Crippen molar-refractivity contribution in [3.05, 3.63) is 65.2 Å². The Bertz CT molecular complexity index is 624. The van der Waals surface area contributed by atoms with Crippen molar-refractivity contribution in [1.82, 2.24) is 5.32 Å². The molecule has 0 aromatic heterocycles. The molecule has 0 aliphatic rings. The van der Waals surface area contributed by atoms with Gasteiger partial charge in [-0.25, -0.2) is 8.78 Å². The van der Waals surface area contributed by atoms with Gasteiger partial charge >= 0.3 is 5.97 Å². The number of nitrogens with one attached hydrogen (secondary N) is 1. The molecule has 2 aromatic carbocycles. The van der Waals surface area contributed by atoms with Gasteiger partial charge in [-0.1, -0.05) is 30.3 Å². The van der Waals surface area contributed by atoms with Crippen LogP contribution >= 0.6 is 0 Å². The van der Waals surface area contributed by atoms with Gasteiger partial charge in [0, 0.05) is 6.54 Å². The molecule has 0 amide bonds. The van der Waals surface area contributed by atoms with Crippen LogP contribution in [0, 0.1) is 11.6 Å². The molecule has 110 valence electrons. The molecule has 0 saturated carbocycles. The summed E-state index contributed by atoms with van der Waals surface area (Å²) in [6, 6.07) is 9.36. The van der Waals surface area contributed by atoms with Gasteiger partial charge < -0.3 is 10.2 Å². The second-order valence-electron chi connectivity index (χ2n) is 4.47. The Morgan fingerprint density at radius 3 is 2.24 bits per heavy atom. The summed E-state index contributed by atoms with van der Waals surface area (Å²) in [5.41, 5.74) is 0.731. The molecule has 0 radical (unpaired) electrons. The fraction of sp³-hybridized carbons (Fsp3) is 0.133. The lowest BCUT2D eigenvalue weighted by molar-refractivity contribution is -0.139. The summed E-state index contributed by atoms with van der Waals surface area (Å²) in [4.78, 5) is 11.3. The molecule has 0 saturated heterocycles. The van der Waals surface area contributed by atoms with Gasteiger partial charge in [-0.05, 0) is 23.3 Å². The molecule has 0 fully saturated rings. The van der Waals surface area contributed by atoms with Crippen LogP contribution in [0.15, 0.2) is 42.5 Å². The molecule has 21 heavy (non-hydrogen) atoms. The van der Waals surface area contributed by atoms with E-state index in [2.05, 4.69) is 5.32 Å². The summed E-state index contributed by atoms with van der Waals surface area (Å²) in [5.74, 6) is -4.31. The summed E-state index contributed by atoms with van der Waals surface area (Å²) >= 11 is 0. The second-order valence-corrected chi connectivity index (χ2v) is 4.47. The fourth-order valence-electron chi connectivity index (χ4n) is 1.93. The van der Waals surface area contributed by atoms with Gasteiger partial charge in [-0.3, -0.25) is 10.1 Å². The van der Waals surface area contributed by atoms with Crippen molar-refractivity contribution >= 4 is 5.97 Å². The third kappa shape index (κ3) is 3.55. The quantitative estimate of drug-likeness (QED) is 0.792. The summed E-state index contributed by atoms with van der Waals surface area (Å²) in [6.45, 7) is -0.0556. The van der Waals surface area contributed by atoms with Gasteiger partial charge in [0.15, 0.2) is 17.4 Å². The predicted molar refractivity (Wildman–Crippen MR) is 71.7 cm³/mol. The normalized spacial score (nSPS) is 12.1. The molecule has 0 aliphatic carbocycles. The monoisotopic (exact) mass is 293 g/mol. The average molecular weight is 293 g/mol. The zero-order chi connectivity index (χ0) is 15.4. The van der Waals surface area contributed by atoms with E-state index in [-0.39, 0.29) is 12.1 Å². The number of phenols is 1. The number of halogens is 2. The molecule has 0 aliphatic heterocycles. The average Bonchev–Trinajstić information content (AvgIpc) is 2.45. The molecule has 2 rings (SSSR count). The van der Waals surface area contributed by atoms with E-state index in [0.717, 1.165) is 12.1 Å². The van der Waals surface area contributed by atoms with Crippen molar-refractivity contribution in [3.63, 3.8) is 0 Å². The van der Waals surface area contributed by atoms with Gasteiger partial charge in [0.2, 0.25) is 0 Å². The van der Waals surface area contributed by atoms with E-state index < -0.39 is 29.4 Å². The topological polar surface area (TPSA) is 69.6 Å². The van der Waals surface area contributed by atoms with E-state index in [1.165, 1.54) is 0 Å². The van der Waals surface area contributed by atoms with Crippen molar-refractivity contribution in [2.45, 2.75) is 12.6 Å². The highest BCUT2D eigenvalue weighted by atomic mass is 19.1. The zero-order valence-electron chi connectivity index (χ0n) is 10.9. The standard InChI is InChI=1S/C15H13F2NO3/c16-11-6-9(7-12(17)14(11)19)8-18-13(15(20)21)10-4-2-1-3-5-10/h1-7,13,18-19H,8H2,(H,20,21). The minimum absolute atomic E-state index is 0.0556. The third-order valence-corrected chi connectivity index (χ3v) is 2.97. The van der Waals surface area contributed by atoms with E-state index in [0.29, 0.717) is 5.56 Å². The number of benzene rings is 2. The van der Waals surface area contributed by atoms with Crippen LogP contribution in [0.4, 0.5) is 8.78 Å². The van der Waals surface area contributed by atoms with E-state index >= 15 is 0 Å². The smallest absolute Gasteiger partial charge is 0.325 e. The number of hydrogen-bond donors (Lipinski definition) is 3. The Kier molecular flexibility index (Phi) is 4.49.